The third-order valence-electron chi connectivity index (χ3n) is 4.76. The number of hydrogen-bond acceptors (Lipinski definition) is 2. The van der Waals surface area contributed by atoms with E-state index in [0.717, 1.165) is 6.07 Å². The summed E-state index contributed by atoms with van der Waals surface area (Å²) in [5.74, 6) is -0.713. The first kappa shape index (κ1) is 16.5. The van der Waals surface area contributed by atoms with Crippen molar-refractivity contribution in [3.63, 3.8) is 0 Å². The number of benzene rings is 1. The number of pyridine rings is 1. The number of carbonyl (C=O) groups is 1. The summed E-state index contributed by atoms with van der Waals surface area (Å²) in [7, 11) is 0. The zero-order valence-electron chi connectivity index (χ0n) is 12.8. The molecule has 1 aromatic carbocycles. The highest BCUT2D eigenvalue weighted by Gasteiger charge is 2.48. The van der Waals surface area contributed by atoms with Crippen molar-refractivity contribution in [2.24, 2.45) is 0 Å². The molecule has 1 aromatic heterocycles. The second-order valence-corrected chi connectivity index (χ2v) is 6.98. The molecule has 1 fully saturated rings. The van der Waals surface area contributed by atoms with Crippen LogP contribution in [0.5, 0.6) is 0 Å². The lowest BCUT2D eigenvalue weighted by atomic mass is 9.94. The number of nitrogens with zero attached hydrogens (tertiary/aromatic N) is 2. The Bertz CT molecular complexity index is 864. The summed E-state index contributed by atoms with van der Waals surface area (Å²) in [5.41, 5.74) is 1.32. The summed E-state index contributed by atoms with van der Waals surface area (Å²) in [4.78, 5) is 17.8. The zero-order chi connectivity index (χ0) is 17.7. The molecule has 1 N–H and O–H groups in total. The fourth-order valence-electron chi connectivity index (χ4n) is 3.66. The molecule has 2 aliphatic rings. The minimum atomic E-state index is -1.44. The van der Waals surface area contributed by atoms with Gasteiger partial charge < -0.3 is 10.2 Å². The number of rotatable bonds is 1. The summed E-state index contributed by atoms with van der Waals surface area (Å²) < 4.78 is 28.2. The van der Waals surface area contributed by atoms with Gasteiger partial charge in [0.1, 0.15) is 6.17 Å². The van der Waals surface area contributed by atoms with E-state index in [1.165, 1.54) is 17.2 Å². The Balaban J connectivity index is 1.63. The van der Waals surface area contributed by atoms with Crippen LogP contribution in [-0.4, -0.2) is 22.0 Å². The van der Waals surface area contributed by atoms with Crippen LogP contribution in [0.4, 0.5) is 19.3 Å². The maximum Gasteiger partial charge on any atom is 0.322 e. The van der Waals surface area contributed by atoms with Crippen LogP contribution < -0.4 is 5.32 Å². The molecule has 2 bridgehead atoms. The van der Waals surface area contributed by atoms with Gasteiger partial charge in [0, 0.05) is 11.9 Å². The number of hydrogen-bond donors (Lipinski definition) is 1. The number of nitrogens with one attached hydrogen (secondary N) is 1. The van der Waals surface area contributed by atoms with E-state index in [0.29, 0.717) is 39.7 Å². The van der Waals surface area contributed by atoms with E-state index in [1.54, 1.807) is 12.1 Å². The lowest BCUT2D eigenvalue weighted by molar-refractivity contribution is 0.123. The normalized spacial score (nSPS) is 24.2. The lowest BCUT2D eigenvalue weighted by Gasteiger charge is -2.38. The van der Waals surface area contributed by atoms with E-state index in [2.05, 4.69) is 10.3 Å². The van der Waals surface area contributed by atoms with Crippen LogP contribution in [0.2, 0.25) is 10.0 Å². The Kier molecular flexibility index (Phi) is 4.04. The fourth-order valence-corrected chi connectivity index (χ4v) is 3.96. The summed E-state index contributed by atoms with van der Waals surface area (Å²) in [6, 6.07) is 4.49. The van der Waals surface area contributed by atoms with Gasteiger partial charge in [-0.25, -0.2) is 14.2 Å². The fraction of sp³-hybridized carbons (Fsp3) is 0.294. The number of halogens is 4. The average molecular weight is 384 g/mol. The third kappa shape index (κ3) is 2.73. The van der Waals surface area contributed by atoms with Crippen molar-refractivity contribution in [2.45, 2.75) is 31.1 Å². The van der Waals surface area contributed by atoms with Crippen molar-refractivity contribution in [2.75, 3.05) is 5.32 Å². The first-order valence-corrected chi connectivity index (χ1v) is 8.55. The van der Waals surface area contributed by atoms with Gasteiger partial charge in [0.15, 0.2) is 0 Å². The predicted octanol–water partition coefficient (Wildman–Crippen LogP) is 5.29. The van der Waals surface area contributed by atoms with E-state index in [4.69, 9.17) is 23.2 Å². The van der Waals surface area contributed by atoms with Gasteiger partial charge in [-0.3, -0.25) is 0 Å². The molecule has 1 saturated heterocycles. The molecular weight excluding hydrogens is 371 g/mol. The van der Waals surface area contributed by atoms with Crippen LogP contribution in [0.3, 0.4) is 0 Å². The van der Waals surface area contributed by atoms with E-state index in [9.17, 15) is 13.6 Å². The molecule has 130 valence electrons. The molecule has 2 amide bonds. The first-order valence-electron chi connectivity index (χ1n) is 7.79. The minimum Gasteiger partial charge on any atom is -0.311 e. The predicted molar refractivity (Wildman–Crippen MR) is 91.1 cm³/mol. The Morgan fingerprint density at radius 2 is 2.00 bits per heavy atom. The number of carbonyl (C=O) groups excluding carboxylic acids is 1. The molecule has 3 atom stereocenters. The topological polar surface area (TPSA) is 45.2 Å². The van der Waals surface area contributed by atoms with Crippen LogP contribution in [0.1, 0.15) is 36.2 Å². The second kappa shape index (κ2) is 6.11. The number of aromatic nitrogens is 1. The van der Waals surface area contributed by atoms with Crippen LogP contribution in [0, 0.1) is 5.95 Å². The summed E-state index contributed by atoms with van der Waals surface area (Å²) in [5, 5.41) is 3.42. The van der Waals surface area contributed by atoms with E-state index in [-0.39, 0.29) is 6.04 Å². The molecule has 25 heavy (non-hydrogen) atoms. The standard InChI is InChI=1S/C17H13Cl2F2N3O/c18-11-2-1-8(5-12(11)19)23-17(25)24-13-3-4-14(24)16(21)9-6-15(20)22-7-10(9)13/h1-2,5-7,13-14,16H,3-4H2,(H,23,25). The summed E-state index contributed by atoms with van der Waals surface area (Å²) in [6.07, 6.45) is 1.01. The van der Waals surface area contributed by atoms with Crippen molar-refractivity contribution < 1.29 is 13.6 Å². The SMILES string of the molecule is O=C(Nc1ccc(Cl)c(Cl)c1)N1C2CCC1C(F)c1cc(F)ncc12. The first-order chi connectivity index (χ1) is 12.0. The molecule has 0 radical (unpaired) electrons. The molecule has 2 aromatic rings. The smallest absolute Gasteiger partial charge is 0.311 e. The molecule has 0 aliphatic carbocycles. The minimum absolute atomic E-state index is 0.290. The molecular formula is C17H13Cl2F2N3O. The van der Waals surface area contributed by atoms with Crippen molar-refractivity contribution >= 4 is 34.9 Å². The van der Waals surface area contributed by atoms with Gasteiger partial charge in [-0.15, -0.1) is 0 Å². The van der Waals surface area contributed by atoms with Gasteiger partial charge in [-0.2, -0.15) is 4.39 Å². The maximum absolute atomic E-state index is 14.9. The zero-order valence-corrected chi connectivity index (χ0v) is 14.4. The average Bonchev–Trinajstić information content (AvgIpc) is 2.96. The van der Waals surface area contributed by atoms with Gasteiger partial charge >= 0.3 is 6.03 Å². The van der Waals surface area contributed by atoms with Gasteiger partial charge in [-0.05, 0) is 48.2 Å². The maximum atomic E-state index is 14.9. The van der Waals surface area contributed by atoms with Crippen LogP contribution >= 0.6 is 23.2 Å². The summed E-state index contributed by atoms with van der Waals surface area (Å²) >= 11 is 11.8. The lowest BCUT2D eigenvalue weighted by Crippen LogP contribution is -2.45. The van der Waals surface area contributed by atoms with Crippen molar-refractivity contribution in [1.82, 2.24) is 9.88 Å². The Hall–Kier alpha value is -1.92. The Morgan fingerprint density at radius 3 is 2.76 bits per heavy atom. The molecule has 0 spiro atoms. The van der Waals surface area contributed by atoms with Gasteiger partial charge in [0.25, 0.3) is 0 Å². The number of amides is 2. The van der Waals surface area contributed by atoms with Crippen LogP contribution in [-0.2, 0) is 0 Å². The largest absolute Gasteiger partial charge is 0.322 e. The van der Waals surface area contributed by atoms with Crippen molar-refractivity contribution in [3.8, 4) is 0 Å². The number of urea groups is 1. The molecule has 3 unspecified atom stereocenters. The number of alkyl halides is 1. The van der Waals surface area contributed by atoms with Gasteiger partial charge in [-0.1, -0.05) is 23.2 Å². The molecule has 2 aliphatic heterocycles. The Labute approximate surface area is 152 Å². The van der Waals surface area contributed by atoms with Crippen molar-refractivity contribution in [3.05, 3.63) is 57.6 Å². The quantitative estimate of drug-likeness (QED) is 0.680. The second-order valence-electron chi connectivity index (χ2n) is 6.16. The highest BCUT2D eigenvalue weighted by molar-refractivity contribution is 6.42. The van der Waals surface area contributed by atoms with Crippen molar-refractivity contribution in [1.29, 1.82) is 0 Å². The Morgan fingerprint density at radius 1 is 1.20 bits per heavy atom. The number of anilines is 1. The molecule has 0 saturated carbocycles. The van der Waals surface area contributed by atoms with Crippen LogP contribution in [0.25, 0.3) is 0 Å². The van der Waals surface area contributed by atoms with Crippen LogP contribution in [0.15, 0.2) is 30.5 Å². The molecule has 3 heterocycles. The van der Waals surface area contributed by atoms with Gasteiger partial charge in [0.2, 0.25) is 5.95 Å². The van der Waals surface area contributed by atoms with E-state index >= 15 is 0 Å². The number of fused-ring (bicyclic) bond motifs is 4. The highest BCUT2D eigenvalue weighted by atomic mass is 35.5. The summed E-state index contributed by atoms with van der Waals surface area (Å²) in [6.45, 7) is 0. The monoisotopic (exact) mass is 383 g/mol. The molecule has 8 heteroatoms. The molecule has 4 rings (SSSR count). The van der Waals surface area contributed by atoms with Gasteiger partial charge in [0.05, 0.1) is 22.1 Å². The highest BCUT2D eigenvalue weighted by Crippen LogP contribution is 2.49. The van der Waals surface area contributed by atoms with E-state index < -0.39 is 24.2 Å². The molecule has 4 nitrogen and oxygen atoms in total. The third-order valence-corrected chi connectivity index (χ3v) is 5.50. The van der Waals surface area contributed by atoms with E-state index in [1.807, 2.05) is 0 Å².